The summed E-state index contributed by atoms with van der Waals surface area (Å²) < 4.78 is 32.5. The first-order valence-electron chi connectivity index (χ1n) is 8.02. The first-order valence-corrected chi connectivity index (χ1v) is 9.46. The van der Waals surface area contributed by atoms with Gasteiger partial charge in [-0.05, 0) is 37.9 Å². The number of piperidine rings is 2. The lowest BCUT2D eigenvalue weighted by molar-refractivity contribution is -0.155. The Hall–Kier alpha value is -1.64. The van der Waals surface area contributed by atoms with Crippen molar-refractivity contribution in [3.05, 3.63) is 24.3 Å². The third-order valence-corrected chi connectivity index (χ3v) is 6.98. The van der Waals surface area contributed by atoms with Crippen molar-refractivity contribution in [3.8, 4) is 5.75 Å². The highest BCUT2D eigenvalue weighted by atomic mass is 32.2. The minimum Gasteiger partial charge on any atom is -0.495 e. The van der Waals surface area contributed by atoms with Crippen LogP contribution in [0.1, 0.15) is 19.3 Å². The van der Waals surface area contributed by atoms with Crippen molar-refractivity contribution < 1.29 is 23.1 Å². The van der Waals surface area contributed by atoms with Crippen molar-refractivity contribution in [1.82, 2.24) is 9.62 Å². The number of carbonyl (C=O) groups is 1. The van der Waals surface area contributed by atoms with Gasteiger partial charge in [-0.15, -0.1) is 0 Å². The van der Waals surface area contributed by atoms with Crippen molar-refractivity contribution in [2.24, 2.45) is 5.41 Å². The molecule has 132 valence electrons. The van der Waals surface area contributed by atoms with Crippen LogP contribution >= 0.6 is 0 Å². The van der Waals surface area contributed by atoms with Crippen LogP contribution in [0.5, 0.6) is 5.75 Å². The molecule has 0 radical (unpaired) electrons. The number of rotatable bonds is 4. The quantitative estimate of drug-likeness (QED) is 0.834. The number of hydrogen-bond donors (Lipinski definition) is 2. The minimum atomic E-state index is -3.81. The van der Waals surface area contributed by atoms with Gasteiger partial charge in [-0.2, -0.15) is 4.31 Å². The predicted molar refractivity (Wildman–Crippen MR) is 87.5 cm³/mol. The lowest BCUT2D eigenvalue weighted by atomic mass is 9.71. The van der Waals surface area contributed by atoms with Gasteiger partial charge in [-0.1, -0.05) is 12.1 Å². The van der Waals surface area contributed by atoms with Crippen LogP contribution in [-0.4, -0.2) is 56.6 Å². The molecule has 1 aromatic carbocycles. The fourth-order valence-electron chi connectivity index (χ4n) is 3.78. The first kappa shape index (κ1) is 17.2. The van der Waals surface area contributed by atoms with Crippen LogP contribution in [0.4, 0.5) is 0 Å². The van der Waals surface area contributed by atoms with Crippen LogP contribution in [0.15, 0.2) is 29.2 Å². The number of nitrogens with one attached hydrogen (secondary N) is 1. The first-order chi connectivity index (χ1) is 11.4. The molecule has 2 saturated heterocycles. The van der Waals surface area contributed by atoms with Gasteiger partial charge in [-0.25, -0.2) is 8.42 Å². The summed E-state index contributed by atoms with van der Waals surface area (Å²) in [6.07, 6.45) is 1.70. The van der Waals surface area contributed by atoms with Crippen LogP contribution in [0.25, 0.3) is 0 Å². The summed E-state index contributed by atoms with van der Waals surface area (Å²) in [6, 6.07) is 6.24. The second kappa shape index (κ2) is 6.34. The van der Waals surface area contributed by atoms with Gasteiger partial charge in [0.2, 0.25) is 10.0 Å². The molecule has 0 saturated carbocycles. The predicted octanol–water partition coefficient (Wildman–Crippen LogP) is 0.913. The van der Waals surface area contributed by atoms with Crippen molar-refractivity contribution in [3.63, 3.8) is 0 Å². The Morgan fingerprint density at radius 3 is 2.88 bits per heavy atom. The van der Waals surface area contributed by atoms with E-state index >= 15 is 0 Å². The van der Waals surface area contributed by atoms with Gasteiger partial charge < -0.3 is 15.2 Å². The number of carboxylic acid groups (broad SMARTS) is 1. The SMILES string of the molecule is COc1ccccc1S(=O)(=O)N1CC[C@H]2NCCC[C@]2(C(=O)O)C1. The van der Waals surface area contributed by atoms with Gasteiger partial charge >= 0.3 is 5.97 Å². The van der Waals surface area contributed by atoms with E-state index in [0.717, 1.165) is 13.0 Å². The van der Waals surface area contributed by atoms with Gasteiger partial charge in [0, 0.05) is 19.1 Å². The highest BCUT2D eigenvalue weighted by Gasteiger charge is 2.52. The molecular weight excluding hydrogens is 332 g/mol. The zero-order valence-corrected chi connectivity index (χ0v) is 14.4. The third-order valence-electron chi connectivity index (χ3n) is 5.10. The summed E-state index contributed by atoms with van der Waals surface area (Å²) in [6.45, 7) is 1.06. The fraction of sp³-hybridized carbons (Fsp3) is 0.562. The fourth-order valence-corrected chi connectivity index (χ4v) is 5.46. The number of nitrogens with zero attached hydrogens (tertiary/aromatic N) is 1. The van der Waals surface area contributed by atoms with Crippen LogP contribution in [0, 0.1) is 5.41 Å². The Labute approximate surface area is 141 Å². The van der Waals surface area contributed by atoms with Crippen LogP contribution in [-0.2, 0) is 14.8 Å². The van der Waals surface area contributed by atoms with Crippen molar-refractivity contribution in [2.75, 3.05) is 26.7 Å². The maximum Gasteiger partial charge on any atom is 0.312 e. The Kier molecular flexibility index (Phi) is 4.54. The number of hydrogen-bond acceptors (Lipinski definition) is 5. The molecule has 7 nitrogen and oxygen atoms in total. The van der Waals surface area contributed by atoms with Crippen LogP contribution in [0.2, 0.25) is 0 Å². The molecule has 2 N–H and O–H groups in total. The highest BCUT2D eigenvalue weighted by molar-refractivity contribution is 7.89. The number of sulfonamides is 1. The van der Waals surface area contributed by atoms with E-state index in [1.807, 2.05) is 0 Å². The third kappa shape index (κ3) is 2.68. The molecule has 0 amide bonds. The van der Waals surface area contributed by atoms with E-state index in [1.165, 1.54) is 17.5 Å². The summed E-state index contributed by atoms with van der Waals surface area (Å²) in [7, 11) is -2.39. The highest BCUT2D eigenvalue weighted by Crippen LogP contribution is 2.40. The molecule has 2 atom stereocenters. The van der Waals surface area contributed by atoms with E-state index in [9.17, 15) is 18.3 Å². The largest absolute Gasteiger partial charge is 0.495 e. The summed E-state index contributed by atoms with van der Waals surface area (Å²) in [4.78, 5) is 12.0. The molecule has 0 spiro atoms. The van der Waals surface area contributed by atoms with E-state index in [0.29, 0.717) is 19.4 Å². The van der Waals surface area contributed by atoms with Crippen molar-refractivity contribution >= 4 is 16.0 Å². The Balaban J connectivity index is 1.96. The van der Waals surface area contributed by atoms with Gasteiger partial charge in [0.15, 0.2) is 0 Å². The summed E-state index contributed by atoms with van der Waals surface area (Å²) in [5.74, 6) is -0.662. The Morgan fingerprint density at radius 1 is 1.42 bits per heavy atom. The number of benzene rings is 1. The van der Waals surface area contributed by atoms with Crippen molar-refractivity contribution in [1.29, 1.82) is 0 Å². The number of carboxylic acids is 1. The molecular formula is C16H22N2O5S. The van der Waals surface area contributed by atoms with Gasteiger partial charge in [0.25, 0.3) is 0 Å². The molecule has 0 bridgehead atoms. The molecule has 0 unspecified atom stereocenters. The monoisotopic (exact) mass is 354 g/mol. The van der Waals surface area contributed by atoms with Crippen LogP contribution < -0.4 is 10.1 Å². The van der Waals surface area contributed by atoms with E-state index in [4.69, 9.17) is 4.74 Å². The average Bonchev–Trinajstić information content (AvgIpc) is 2.60. The normalized spacial score (nSPS) is 28.1. The van der Waals surface area contributed by atoms with E-state index in [1.54, 1.807) is 18.2 Å². The van der Waals surface area contributed by atoms with E-state index in [2.05, 4.69) is 5.32 Å². The van der Waals surface area contributed by atoms with Crippen molar-refractivity contribution in [2.45, 2.75) is 30.2 Å². The smallest absolute Gasteiger partial charge is 0.312 e. The number of para-hydroxylation sites is 1. The zero-order valence-electron chi connectivity index (χ0n) is 13.6. The molecule has 2 aliphatic heterocycles. The molecule has 2 heterocycles. The van der Waals surface area contributed by atoms with Gasteiger partial charge in [0.05, 0.1) is 12.5 Å². The molecule has 8 heteroatoms. The second-order valence-electron chi connectivity index (χ2n) is 6.35. The number of ether oxygens (including phenoxy) is 1. The van der Waals surface area contributed by atoms with E-state index < -0.39 is 21.4 Å². The van der Waals surface area contributed by atoms with Gasteiger partial charge in [0.1, 0.15) is 10.6 Å². The standard InChI is InChI=1S/C16H22N2O5S/c1-23-12-5-2-3-6-13(12)24(21,22)18-10-7-14-16(11-18,15(19)20)8-4-9-17-14/h2-3,5-6,14,17H,4,7-11H2,1H3,(H,19,20)/t14-,16+/m1/s1. The summed E-state index contributed by atoms with van der Waals surface area (Å²) in [5, 5.41) is 13.0. The van der Waals surface area contributed by atoms with E-state index in [-0.39, 0.29) is 23.2 Å². The molecule has 1 aromatic rings. The molecule has 24 heavy (non-hydrogen) atoms. The Morgan fingerprint density at radius 2 is 2.17 bits per heavy atom. The maximum absolute atomic E-state index is 13.0. The maximum atomic E-state index is 13.0. The molecule has 3 rings (SSSR count). The minimum absolute atomic E-state index is 0.0135. The summed E-state index contributed by atoms with van der Waals surface area (Å²) in [5.41, 5.74) is -1.06. The number of aliphatic carboxylic acids is 1. The molecule has 2 aliphatic rings. The topological polar surface area (TPSA) is 95.9 Å². The molecule has 0 aliphatic carbocycles. The summed E-state index contributed by atoms with van der Waals surface area (Å²) >= 11 is 0. The number of fused-ring (bicyclic) bond motifs is 1. The lowest BCUT2D eigenvalue weighted by Gasteiger charge is -2.47. The number of methoxy groups -OCH3 is 1. The van der Waals surface area contributed by atoms with Crippen LogP contribution in [0.3, 0.4) is 0 Å². The Bertz CT molecular complexity index is 736. The molecule has 2 fully saturated rings. The zero-order chi connectivity index (χ0) is 17.4. The molecule has 0 aromatic heterocycles. The van der Waals surface area contributed by atoms with Gasteiger partial charge in [-0.3, -0.25) is 4.79 Å². The second-order valence-corrected chi connectivity index (χ2v) is 8.26. The lowest BCUT2D eigenvalue weighted by Crippen LogP contribution is -2.63. The average molecular weight is 354 g/mol.